The van der Waals surface area contributed by atoms with Gasteiger partial charge in [-0.2, -0.15) is 0 Å². The lowest BCUT2D eigenvalue weighted by Crippen LogP contribution is -2.02. The lowest BCUT2D eigenvalue weighted by molar-refractivity contribution is 0.173. The number of ether oxygens (including phenoxy) is 2. The first-order valence-electron chi connectivity index (χ1n) is 5.66. The standard InChI is InChI=1S/C13H13N3O2/c14-10-4-5-12(16-7-10)15-6-9-2-1-3-11-13(9)18-8-17-11/h1-5,7H,6,8,14H2,(H,15,16). The monoisotopic (exact) mass is 243 g/mol. The van der Waals surface area contributed by atoms with E-state index in [1.54, 1.807) is 6.20 Å². The summed E-state index contributed by atoms with van der Waals surface area (Å²) in [6.45, 7) is 0.913. The van der Waals surface area contributed by atoms with Gasteiger partial charge in [0, 0.05) is 12.1 Å². The van der Waals surface area contributed by atoms with Gasteiger partial charge in [-0.1, -0.05) is 12.1 Å². The van der Waals surface area contributed by atoms with Crippen molar-refractivity contribution in [3.63, 3.8) is 0 Å². The van der Waals surface area contributed by atoms with Crippen LogP contribution in [0.3, 0.4) is 0 Å². The van der Waals surface area contributed by atoms with Gasteiger partial charge in [-0.05, 0) is 18.2 Å². The third kappa shape index (κ3) is 2.02. The summed E-state index contributed by atoms with van der Waals surface area (Å²) in [4.78, 5) is 4.18. The molecular weight excluding hydrogens is 230 g/mol. The molecule has 2 heterocycles. The number of benzene rings is 1. The summed E-state index contributed by atoms with van der Waals surface area (Å²) in [5.41, 5.74) is 7.28. The van der Waals surface area contributed by atoms with E-state index in [2.05, 4.69) is 10.3 Å². The minimum Gasteiger partial charge on any atom is -0.454 e. The molecule has 0 atom stereocenters. The Hall–Kier alpha value is -2.43. The molecule has 1 aliphatic heterocycles. The molecule has 2 aromatic rings. The summed E-state index contributed by atoms with van der Waals surface area (Å²) in [6.07, 6.45) is 1.62. The Labute approximate surface area is 105 Å². The maximum atomic E-state index is 5.58. The van der Waals surface area contributed by atoms with Crippen LogP contribution >= 0.6 is 0 Å². The number of nitrogens with two attached hydrogens (primary N) is 1. The Morgan fingerprint density at radius 2 is 2.17 bits per heavy atom. The van der Waals surface area contributed by atoms with Crippen LogP contribution in [0.1, 0.15) is 5.56 Å². The second-order valence-electron chi connectivity index (χ2n) is 3.98. The Morgan fingerprint density at radius 1 is 1.22 bits per heavy atom. The molecule has 0 aliphatic carbocycles. The highest BCUT2D eigenvalue weighted by Crippen LogP contribution is 2.35. The van der Waals surface area contributed by atoms with Gasteiger partial charge in [-0.3, -0.25) is 0 Å². The van der Waals surface area contributed by atoms with Crippen LogP contribution in [0.2, 0.25) is 0 Å². The van der Waals surface area contributed by atoms with Crippen molar-refractivity contribution >= 4 is 11.5 Å². The first-order valence-corrected chi connectivity index (χ1v) is 5.66. The molecule has 0 unspecified atom stereocenters. The molecule has 3 rings (SSSR count). The molecule has 5 nitrogen and oxygen atoms in total. The van der Waals surface area contributed by atoms with E-state index >= 15 is 0 Å². The van der Waals surface area contributed by atoms with Gasteiger partial charge in [0.05, 0.1) is 11.9 Å². The molecule has 0 bridgehead atoms. The van der Waals surface area contributed by atoms with Gasteiger partial charge >= 0.3 is 0 Å². The highest BCUT2D eigenvalue weighted by atomic mass is 16.7. The Kier molecular flexibility index (Phi) is 2.64. The van der Waals surface area contributed by atoms with E-state index in [1.807, 2.05) is 30.3 Å². The number of fused-ring (bicyclic) bond motifs is 1. The van der Waals surface area contributed by atoms with Gasteiger partial charge in [0.15, 0.2) is 11.5 Å². The number of nitrogen functional groups attached to an aromatic ring is 1. The number of pyridine rings is 1. The number of nitrogens with one attached hydrogen (secondary N) is 1. The fraction of sp³-hybridized carbons (Fsp3) is 0.154. The number of anilines is 2. The van der Waals surface area contributed by atoms with Gasteiger partial charge in [0.25, 0.3) is 0 Å². The summed E-state index contributed by atoms with van der Waals surface area (Å²) < 4.78 is 10.8. The van der Waals surface area contributed by atoms with Gasteiger partial charge in [0.2, 0.25) is 6.79 Å². The molecule has 0 saturated heterocycles. The summed E-state index contributed by atoms with van der Waals surface area (Å²) in [6, 6.07) is 9.49. The Bertz CT molecular complexity index is 555. The van der Waals surface area contributed by atoms with E-state index < -0.39 is 0 Å². The van der Waals surface area contributed by atoms with Crippen molar-refractivity contribution in [2.75, 3.05) is 17.8 Å². The normalized spacial score (nSPS) is 12.4. The average molecular weight is 243 g/mol. The van der Waals surface area contributed by atoms with Crippen LogP contribution in [0.4, 0.5) is 11.5 Å². The van der Waals surface area contributed by atoms with Crippen LogP contribution in [0.5, 0.6) is 11.5 Å². The zero-order valence-corrected chi connectivity index (χ0v) is 9.72. The maximum Gasteiger partial charge on any atom is 0.231 e. The molecule has 1 aromatic heterocycles. The fourth-order valence-corrected chi connectivity index (χ4v) is 1.83. The number of hydrogen-bond acceptors (Lipinski definition) is 5. The first-order chi connectivity index (χ1) is 8.83. The lowest BCUT2D eigenvalue weighted by Gasteiger charge is -2.08. The van der Waals surface area contributed by atoms with Crippen LogP contribution in [-0.4, -0.2) is 11.8 Å². The van der Waals surface area contributed by atoms with Crippen molar-refractivity contribution in [1.82, 2.24) is 4.98 Å². The molecule has 0 radical (unpaired) electrons. The number of nitrogens with zero attached hydrogens (tertiary/aromatic N) is 1. The topological polar surface area (TPSA) is 69.4 Å². The molecule has 3 N–H and O–H groups in total. The zero-order chi connectivity index (χ0) is 12.4. The van der Waals surface area contributed by atoms with E-state index in [0.717, 1.165) is 22.9 Å². The van der Waals surface area contributed by atoms with Crippen molar-refractivity contribution in [3.8, 4) is 11.5 Å². The average Bonchev–Trinajstić information content (AvgIpc) is 2.87. The fourth-order valence-electron chi connectivity index (χ4n) is 1.83. The molecule has 1 aliphatic rings. The Morgan fingerprint density at radius 3 is 3.00 bits per heavy atom. The molecule has 1 aromatic carbocycles. The van der Waals surface area contributed by atoms with Gasteiger partial charge < -0.3 is 20.5 Å². The minimum absolute atomic E-state index is 0.284. The molecule has 0 saturated carbocycles. The third-order valence-electron chi connectivity index (χ3n) is 2.72. The van der Waals surface area contributed by atoms with Crippen LogP contribution in [-0.2, 0) is 6.54 Å². The molecule has 0 spiro atoms. The molecule has 92 valence electrons. The summed E-state index contributed by atoms with van der Waals surface area (Å²) in [7, 11) is 0. The van der Waals surface area contributed by atoms with Gasteiger partial charge in [-0.15, -0.1) is 0 Å². The van der Waals surface area contributed by atoms with Crippen molar-refractivity contribution in [3.05, 3.63) is 42.1 Å². The van der Waals surface area contributed by atoms with Crippen molar-refractivity contribution in [2.45, 2.75) is 6.54 Å². The van der Waals surface area contributed by atoms with Crippen molar-refractivity contribution in [1.29, 1.82) is 0 Å². The smallest absolute Gasteiger partial charge is 0.231 e. The number of hydrogen-bond donors (Lipinski definition) is 2. The summed E-state index contributed by atoms with van der Waals surface area (Å²) in [5.74, 6) is 2.38. The third-order valence-corrected chi connectivity index (χ3v) is 2.72. The molecule has 18 heavy (non-hydrogen) atoms. The van der Waals surface area contributed by atoms with Crippen LogP contribution in [0.15, 0.2) is 36.5 Å². The lowest BCUT2D eigenvalue weighted by atomic mass is 10.2. The van der Waals surface area contributed by atoms with E-state index in [-0.39, 0.29) is 6.79 Å². The van der Waals surface area contributed by atoms with Gasteiger partial charge in [0.1, 0.15) is 5.82 Å². The highest BCUT2D eigenvalue weighted by Gasteiger charge is 2.16. The van der Waals surface area contributed by atoms with E-state index in [9.17, 15) is 0 Å². The second kappa shape index (κ2) is 4.44. The van der Waals surface area contributed by atoms with E-state index in [4.69, 9.17) is 15.2 Å². The van der Waals surface area contributed by atoms with Gasteiger partial charge in [-0.25, -0.2) is 4.98 Å². The van der Waals surface area contributed by atoms with Crippen molar-refractivity contribution < 1.29 is 9.47 Å². The predicted octanol–water partition coefficient (Wildman–Crippen LogP) is 2.00. The minimum atomic E-state index is 0.284. The molecular formula is C13H13N3O2. The van der Waals surface area contributed by atoms with Crippen LogP contribution in [0.25, 0.3) is 0 Å². The predicted molar refractivity (Wildman–Crippen MR) is 68.5 cm³/mol. The van der Waals surface area contributed by atoms with Crippen LogP contribution < -0.4 is 20.5 Å². The quantitative estimate of drug-likeness (QED) is 0.863. The second-order valence-corrected chi connectivity index (χ2v) is 3.98. The molecule has 5 heteroatoms. The summed E-state index contributed by atoms with van der Waals surface area (Å²) >= 11 is 0. The SMILES string of the molecule is Nc1ccc(NCc2cccc3c2OCO3)nc1. The van der Waals surface area contributed by atoms with Crippen LogP contribution in [0, 0.1) is 0 Å². The first kappa shape index (κ1) is 10.7. The molecule has 0 fully saturated rings. The number of para-hydroxylation sites is 1. The maximum absolute atomic E-state index is 5.58. The molecule has 0 amide bonds. The number of rotatable bonds is 3. The highest BCUT2D eigenvalue weighted by molar-refractivity contribution is 5.50. The summed E-state index contributed by atoms with van der Waals surface area (Å²) in [5, 5.41) is 3.22. The largest absolute Gasteiger partial charge is 0.454 e. The zero-order valence-electron chi connectivity index (χ0n) is 9.72. The van der Waals surface area contributed by atoms with E-state index in [0.29, 0.717) is 12.2 Å². The number of aromatic nitrogens is 1. The Balaban J connectivity index is 1.74. The van der Waals surface area contributed by atoms with E-state index in [1.165, 1.54) is 0 Å². The van der Waals surface area contributed by atoms with Crippen molar-refractivity contribution in [2.24, 2.45) is 0 Å².